The lowest BCUT2D eigenvalue weighted by atomic mass is 9.89. The summed E-state index contributed by atoms with van der Waals surface area (Å²) in [5, 5.41) is 9.07. The van der Waals surface area contributed by atoms with Crippen molar-refractivity contribution in [1.82, 2.24) is 0 Å². The van der Waals surface area contributed by atoms with E-state index >= 15 is 0 Å². The van der Waals surface area contributed by atoms with Crippen molar-refractivity contribution in [2.45, 2.75) is 27.2 Å². The van der Waals surface area contributed by atoms with Crippen LogP contribution in [0.2, 0.25) is 0 Å². The van der Waals surface area contributed by atoms with Crippen LogP contribution < -0.4 is 0 Å². The van der Waals surface area contributed by atoms with E-state index in [1.165, 1.54) is 5.56 Å². The number of aliphatic carboxylic acids is 1. The molecule has 0 spiro atoms. The number of rotatable bonds is 4. The molecule has 1 unspecified atom stereocenters. The van der Waals surface area contributed by atoms with Crippen molar-refractivity contribution in [1.29, 1.82) is 0 Å². The molecule has 0 saturated carbocycles. The van der Waals surface area contributed by atoms with Crippen LogP contribution in [0.25, 0.3) is 0 Å². The Morgan fingerprint density at radius 2 is 2.07 bits per heavy atom. The molecule has 0 fully saturated rings. The van der Waals surface area contributed by atoms with E-state index in [4.69, 9.17) is 5.11 Å². The maximum atomic E-state index is 11.0. The molecule has 1 rings (SSSR count). The van der Waals surface area contributed by atoms with Gasteiger partial charge in [-0.3, -0.25) is 4.79 Å². The largest absolute Gasteiger partial charge is 0.481 e. The standard InChI is InChI=1S/C13H18O2/c1-9(2)12(13(14)15)8-11-6-4-5-10(3)7-11/h4-7,9,12H,8H2,1-3H3,(H,14,15). The summed E-state index contributed by atoms with van der Waals surface area (Å²) in [6.07, 6.45) is 0.620. The third-order valence-electron chi connectivity index (χ3n) is 2.66. The molecule has 0 heterocycles. The molecule has 1 aromatic carbocycles. The summed E-state index contributed by atoms with van der Waals surface area (Å²) < 4.78 is 0. The molecule has 0 saturated heterocycles. The molecule has 1 N–H and O–H groups in total. The fourth-order valence-corrected chi connectivity index (χ4v) is 1.70. The van der Waals surface area contributed by atoms with E-state index in [2.05, 4.69) is 6.07 Å². The van der Waals surface area contributed by atoms with Gasteiger partial charge in [0.15, 0.2) is 0 Å². The monoisotopic (exact) mass is 206 g/mol. The van der Waals surface area contributed by atoms with Gasteiger partial charge in [0, 0.05) is 0 Å². The number of aryl methyl sites for hydroxylation is 1. The predicted octanol–water partition coefficient (Wildman–Crippen LogP) is 2.89. The molecular weight excluding hydrogens is 188 g/mol. The van der Waals surface area contributed by atoms with Gasteiger partial charge < -0.3 is 5.11 Å². The molecule has 1 atom stereocenters. The molecule has 0 radical (unpaired) electrons. The smallest absolute Gasteiger partial charge is 0.307 e. The molecule has 15 heavy (non-hydrogen) atoms. The van der Waals surface area contributed by atoms with E-state index in [1.54, 1.807) is 0 Å². The van der Waals surface area contributed by atoms with Crippen molar-refractivity contribution in [2.75, 3.05) is 0 Å². The van der Waals surface area contributed by atoms with Crippen LogP contribution in [0.1, 0.15) is 25.0 Å². The first kappa shape index (κ1) is 11.8. The van der Waals surface area contributed by atoms with Gasteiger partial charge in [-0.2, -0.15) is 0 Å². The highest BCUT2D eigenvalue weighted by Crippen LogP contribution is 2.18. The van der Waals surface area contributed by atoms with Gasteiger partial charge in [-0.25, -0.2) is 0 Å². The van der Waals surface area contributed by atoms with E-state index in [-0.39, 0.29) is 11.8 Å². The molecule has 2 heteroatoms. The third-order valence-corrected chi connectivity index (χ3v) is 2.66. The van der Waals surface area contributed by atoms with Gasteiger partial charge in [-0.05, 0) is 24.8 Å². The first-order chi connectivity index (χ1) is 7.00. The lowest BCUT2D eigenvalue weighted by molar-refractivity contribution is -0.143. The highest BCUT2D eigenvalue weighted by Gasteiger charge is 2.21. The molecule has 0 aliphatic rings. The Morgan fingerprint density at radius 3 is 2.53 bits per heavy atom. The minimum atomic E-state index is -0.702. The molecule has 2 nitrogen and oxygen atoms in total. The van der Waals surface area contributed by atoms with E-state index in [0.717, 1.165) is 5.56 Å². The van der Waals surface area contributed by atoms with Crippen molar-refractivity contribution >= 4 is 5.97 Å². The first-order valence-electron chi connectivity index (χ1n) is 5.29. The molecule has 0 bridgehead atoms. The first-order valence-corrected chi connectivity index (χ1v) is 5.29. The lowest BCUT2D eigenvalue weighted by Gasteiger charge is -2.16. The molecule has 82 valence electrons. The minimum Gasteiger partial charge on any atom is -0.481 e. The van der Waals surface area contributed by atoms with Crippen LogP contribution in [0.3, 0.4) is 0 Å². The molecule has 1 aromatic rings. The summed E-state index contributed by atoms with van der Waals surface area (Å²) in [4.78, 5) is 11.0. The van der Waals surface area contributed by atoms with Crippen LogP contribution in [0, 0.1) is 18.8 Å². The Labute approximate surface area is 90.9 Å². The van der Waals surface area contributed by atoms with Crippen LogP contribution in [-0.4, -0.2) is 11.1 Å². The predicted molar refractivity (Wildman–Crippen MR) is 60.8 cm³/mol. The van der Waals surface area contributed by atoms with Crippen molar-refractivity contribution in [3.05, 3.63) is 35.4 Å². The lowest BCUT2D eigenvalue weighted by Crippen LogP contribution is -2.22. The van der Waals surface area contributed by atoms with Gasteiger partial charge in [0.2, 0.25) is 0 Å². The number of hydrogen-bond donors (Lipinski definition) is 1. The summed E-state index contributed by atoms with van der Waals surface area (Å²) in [5.41, 5.74) is 2.29. The summed E-state index contributed by atoms with van der Waals surface area (Å²) in [6, 6.07) is 8.04. The molecule has 0 aromatic heterocycles. The summed E-state index contributed by atoms with van der Waals surface area (Å²) in [6.45, 7) is 5.93. The molecule has 0 aliphatic carbocycles. The second-order valence-corrected chi connectivity index (χ2v) is 4.38. The second-order valence-electron chi connectivity index (χ2n) is 4.38. The Morgan fingerprint density at radius 1 is 1.40 bits per heavy atom. The van der Waals surface area contributed by atoms with Crippen molar-refractivity contribution in [2.24, 2.45) is 11.8 Å². The van der Waals surface area contributed by atoms with Crippen molar-refractivity contribution in [3.8, 4) is 0 Å². The van der Waals surface area contributed by atoms with Crippen LogP contribution in [0.5, 0.6) is 0 Å². The maximum absolute atomic E-state index is 11.0. The van der Waals surface area contributed by atoms with Gasteiger partial charge in [-0.1, -0.05) is 43.7 Å². The second kappa shape index (κ2) is 4.96. The third kappa shape index (κ3) is 3.39. The fraction of sp³-hybridized carbons (Fsp3) is 0.462. The molecule has 0 amide bonds. The van der Waals surface area contributed by atoms with Gasteiger partial charge in [0.1, 0.15) is 0 Å². The fourth-order valence-electron chi connectivity index (χ4n) is 1.70. The van der Waals surface area contributed by atoms with E-state index < -0.39 is 5.97 Å². The van der Waals surface area contributed by atoms with Crippen LogP contribution in [0.15, 0.2) is 24.3 Å². The zero-order valence-electron chi connectivity index (χ0n) is 9.53. The van der Waals surface area contributed by atoms with Gasteiger partial charge in [0.25, 0.3) is 0 Å². The summed E-state index contributed by atoms with van der Waals surface area (Å²) in [7, 11) is 0. The zero-order valence-corrected chi connectivity index (χ0v) is 9.53. The Balaban J connectivity index is 2.79. The highest BCUT2D eigenvalue weighted by molar-refractivity contribution is 5.70. The Bertz CT molecular complexity index is 342. The van der Waals surface area contributed by atoms with Gasteiger partial charge in [0.05, 0.1) is 5.92 Å². The zero-order chi connectivity index (χ0) is 11.4. The van der Waals surface area contributed by atoms with Crippen LogP contribution in [0.4, 0.5) is 0 Å². The van der Waals surface area contributed by atoms with E-state index in [0.29, 0.717) is 6.42 Å². The van der Waals surface area contributed by atoms with Crippen LogP contribution >= 0.6 is 0 Å². The normalized spacial score (nSPS) is 12.8. The Hall–Kier alpha value is -1.31. The average molecular weight is 206 g/mol. The number of carboxylic acids is 1. The number of carboxylic acid groups (broad SMARTS) is 1. The number of hydrogen-bond acceptors (Lipinski definition) is 1. The van der Waals surface area contributed by atoms with Crippen LogP contribution in [-0.2, 0) is 11.2 Å². The van der Waals surface area contributed by atoms with E-state index in [9.17, 15) is 4.79 Å². The summed E-state index contributed by atoms with van der Waals surface area (Å²) in [5.74, 6) is -0.818. The van der Waals surface area contributed by atoms with Gasteiger partial charge in [-0.15, -0.1) is 0 Å². The molecular formula is C13H18O2. The molecule has 0 aliphatic heterocycles. The number of benzene rings is 1. The maximum Gasteiger partial charge on any atom is 0.307 e. The SMILES string of the molecule is Cc1cccc(CC(C(=O)O)C(C)C)c1. The minimum absolute atomic E-state index is 0.169. The quantitative estimate of drug-likeness (QED) is 0.822. The van der Waals surface area contributed by atoms with Gasteiger partial charge >= 0.3 is 5.97 Å². The summed E-state index contributed by atoms with van der Waals surface area (Å²) >= 11 is 0. The van der Waals surface area contributed by atoms with Crippen molar-refractivity contribution < 1.29 is 9.90 Å². The average Bonchev–Trinajstić information content (AvgIpc) is 2.13. The number of carbonyl (C=O) groups is 1. The van der Waals surface area contributed by atoms with E-state index in [1.807, 2.05) is 39.0 Å². The van der Waals surface area contributed by atoms with Crippen molar-refractivity contribution in [3.63, 3.8) is 0 Å². The Kier molecular flexibility index (Phi) is 3.89. The topological polar surface area (TPSA) is 37.3 Å². The highest BCUT2D eigenvalue weighted by atomic mass is 16.4.